The van der Waals surface area contributed by atoms with Crippen LogP contribution in [0.15, 0.2) is 47.0 Å². The van der Waals surface area contributed by atoms with Gasteiger partial charge >= 0.3 is 0 Å². The van der Waals surface area contributed by atoms with Crippen LogP contribution in [0.2, 0.25) is 0 Å². The molecule has 1 aliphatic rings. The van der Waals surface area contributed by atoms with Gasteiger partial charge in [0.15, 0.2) is 0 Å². The normalized spacial score (nSPS) is 16.3. The largest absolute Gasteiger partial charge is 0.420 e. The van der Waals surface area contributed by atoms with Crippen LogP contribution >= 0.6 is 0 Å². The van der Waals surface area contributed by atoms with E-state index < -0.39 is 0 Å². The summed E-state index contributed by atoms with van der Waals surface area (Å²) in [5, 5.41) is 17.4. The van der Waals surface area contributed by atoms with Crippen molar-refractivity contribution in [1.29, 1.82) is 5.26 Å². The quantitative estimate of drug-likeness (QED) is 0.707. The van der Waals surface area contributed by atoms with Gasteiger partial charge < -0.3 is 14.2 Å². The third-order valence-corrected chi connectivity index (χ3v) is 4.81. The number of hydrogen-bond donors (Lipinski definition) is 0. The van der Waals surface area contributed by atoms with Gasteiger partial charge in [0.25, 0.3) is 0 Å². The number of pyridine rings is 1. The molecule has 136 valence electrons. The van der Waals surface area contributed by atoms with E-state index in [0.717, 1.165) is 36.6 Å². The highest BCUT2D eigenvalue weighted by molar-refractivity contribution is 5.58. The summed E-state index contributed by atoms with van der Waals surface area (Å²) in [6, 6.07) is 13.8. The zero-order valence-electron chi connectivity index (χ0n) is 15.3. The molecule has 1 fully saturated rings. The molecule has 1 saturated heterocycles. The van der Waals surface area contributed by atoms with Crippen molar-refractivity contribution in [3.8, 4) is 17.5 Å². The number of aromatic nitrogens is 3. The average Bonchev–Trinajstić information content (AvgIpc) is 3.38. The number of anilines is 2. The zero-order valence-corrected chi connectivity index (χ0v) is 15.3. The molecule has 0 saturated carbocycles. The molecule has 7 heteroatoms. The molecule has 0 radical (unpaired) electrons. The Balaban J connectivity index is 1.46. The fourth-order valence-corrected chi connectivity index (χ4v) is 3.23. The van der Waals surface area contributed by atoms with Gasteiger partial charge in [-0.25, -0.2) is 4.98 Å². The Bertz CT molecular complexity index is 955. The van der Waals surface area contributed by atoms with E-state index in [0.29, 0.717) is 17.3 Å². The molecule has 4 rings (SSSR count). The molecule has 1 unspecified atom stereocenters. The molecule has 1 aliphatic heterocycles. The summed E-state index contributed by atoms with van der Waals surface area (Å²) in [5.74, 6) is 2.27. The highest BCUT2D eigenvalue weighted by Crippen LogP contribution is 2.31. The van der Waals surface area contributed by atoms with Crippen molar-refractivity contribution in [2.75, 3.05) is 37.0 Å². The number of hydrogen-bond acceptors (Lipinski definition) is 7. The van der Waals surface area contributed by atoms with Crippen LogP contribution in [0.25, 0.3) is 11.5 Å². The molecule has 3 heterocycles. The van der Waals surface area contributed by atoms with Gasteiger partial charge in [0, 0.05) is 44.6 Å². The number of nitrogens with zero attached hydrogens (tertiary/aromatic N) is 6. The molecule has 2 aromatic heterocycles. The van der Waals surface area contributed by atoms with Gasteiger partial charge in [-0.05, 0) is 42.8 Å². The Morgan fingerprint density at radius 2 is 1.96 bits per heavy atom. The molecule has 1 atom stereocenters. The van der Waals surface area contributed by atoms with Crippen LogP contribution < -0.4 is 9.80 Å². The van der Waals surface area contributed by atoms with Gasteiger partial charge in [-0.2, -0.15) is 5.26 Å². The first-order chi connectivity index (χ1) is 13.1. The van der Waals surface area contributed by atoms with Crippen LogP contribution in [0.4, 0.5) is 11.5 Å². The second kappa shape index (κ2) is 7.08. The maximum Gasteiger partial charge on any atom is 0.247 e. The van der Waals surface area contributed by atoms with E-state index in [-0.39, 0.29) is 5.92 Å². The van der Waals surface area contributed by atoms with Crippen molar-refractivity contribution in [2.45, 2.75) is 12.3 Å². The van der Waals surface area contributed by atoms with E-state index in [2.05, 4.69) is 26.2 Å². The van der Waals surface area contributed by atoms with Gasteiger partial charge in [0.1, 0.15) is 11.9 Å². The first kappa shape index (κ1) is 17.0. The summed E-state index contributed by atoms with van der Waals surface area (Å²) in [7, 11) is 4.02. The Morgan fingerprint density at radius 1 is 1.15 bits per heavy atom. The highest BCUT2D eigenvalue weighted by Gasteiger charge is 2.29. The molecule has 0 bridgehead atoms. The number of benzene rings is 1. The molecule has 0 aliphatic carbocycles. The first-order valence-electron chi connectivity index (χ1n) is 8.86. The minimum atomic E-state index is 0.185. The topological polar surface area (TPSA) is 82.1 Å². The van der Waals surface area contributed by atoms with Crippen LogP contribution in [0, 0.1) is 11.3 Å². The maximum absolute atomic E-state index is 8.89. The van der Waals surface area contributed by atoms with Gasteiger partial charge in [-0.15, -0.1) is 10.2 Å². The van der Waals surface area contributed by atoms with Crippen molar-refractivity contribution in [1.82, 2.24) is 15.2 Å². The molecule has 27 heavy (non-hydrogen) atoms. The van der Waals surface area contributed by atoms with Crippen LogP contribution in [0.3, 0.4) is 0 Å². The lowest BCUT2D eigenvalue weighted by atomic mass is 10.1. The van der Waals surface area contributed by atoms with E-state index in [9.17, 15) is 0 Å². The Hall–Kier alpha value is -3.40. The molecule has 7 nitrogen and oxygen atoms in total. The van der Waals surface area contributed by atoms with E-state index in [1.165, 1.54) is 0 Å². The fraction of sp³-hybridized carbons (Fsp3) is 0.300. The van der Waals surface area contributed by atoms with E-state index in [1.54, 1.807) is 12.3 Å². The molecule has 0 spiro atoms. The first-order valence-corrected chi connectivity index (χ1v) is 8.86. The summed E-state index contributed by atoms with van der Waals surface area (Å²) >= 11 is 0. The lowest BCUT2D eigenvalue weighted by Gasteiger charge is -2.16. The Kier molecular flexibility index (Phi) is 4.47. The lowest BCUT2D eigenvalue weighted by Crippen LogP contribution is -2.20. The Labute approximate surface area is 157 Å². The zero-order chi connectivity index (χ0) is 18.8. The third-order valence-electron chi connectivity index (χ3n) is 4.81. The number of rotatable bonds is 4. The van der Waals surface area contributed by atoms with Gasteiger partial charge in [0.05, 0.1) is 11.5 Å². The minimum Gasteiger partial charge on any atom is -0.420 e. The minimum absolute atomic E-state index is 0.185. The van der Waals surface area contributed by atoms with Crippen molar-refractivity contribution in [3.05, 3.63) is 54.0 Å². The van der Waals surface area contributed by atoms with Crippen LogP contribution in [0.5, 0.6) is 0 Å². The summed E-state index contributed by atoms with van der Waals surface area (Å²) in [5.41, 5.74) is 2.61. The standard InChI is InChI=1S/C20H20N6O/c1-25(2)17-6-4-15(5-7-17)19-23-24-20(27-19)16-9-10-26(13-16)18-8-3-14(11-21)12-22-18/h3-8,12,16H,9-10,13H2,1-2H3. The second-order valence-electron chi connectivity index (χ2n) is 6.84. The molecule has 0 amide bonds. The Morgan fingerprint density at radius 3 is 2.63 bits per heavy atom. The predicted molar refractivity (Wildman–Crippen MR) is 103 cm³/mol. The smallest absolute Gasteiger partial charge is 0.247 e. The van der Waals surface area contributed by atoms with Crippen molar-refractivity contribution in [2.24, 2.45) is 0 Å². The van der Waals surface area contributed by atoms with Crippen LogP contribution in [-0.4, -0.2) is 42.4 Å². The summed E-state index contributed by atoms with van der Waals surface area (Å²) in [4.78, 5) is 8.60. The molecule has 0 N–H and O–H groups in total. The van der Waals surface area contributed by atoms with Crippen molar-refractivity contribution in [3.63, 3.8) is 0 Å². The molecular weight excluding hydrogens is 340 g/mol. The van der Waals surface area contributed by atoms with E-state index >= 15 is 0 Å². The van der Waals surface area contributed by atoms with Crippen LogP contribution in [-0.2, 0) is 0 Å². The lowest BCUT2D eigenvalue weighted by molar-refractivity contribution is 0.468. The van der Waals surface area contributed by atoms with Gasteiger partial charge in [-0.3, -0.25) is 0 Å². The molecular formula is C20H20N6O. The van der Waals surface area contributed by atoms with Crippen molar-refractivity contribution >= 4 is 11.5 Å². The third kappa shape index (κ3) is 3.47. The summed E-state index contributed by atoms with van der Waals surface area (Å²) < 4.78 is 5.95. The van der Waals surface area contributed by atoms with Crippen molar-refractivity contribution < 1.29 is 4.42 Å². The van der Waals surface area contributed by atoms with E-state index in [1.807, 2.05) is 49.3 Å². The molecule has 3 aromatic rings. The summed E-state index contributed by atoms with van der Waals surface area (Å²) in [6.45, 7) is 1.65. The molecule has 1 aromatic carbocycles. The monoisotopic (exact) mass is 360 g/mol. The van der Waals surface area contributed by atoms with Crippen LogP contribution in [0.1, 0.15) is 23.8 Å². The average molecular weight is 360 g/mol. The fourth-order valence-electron chi connectivity index (χ4n) is 3.23. The van der Waals surface area contributed by atoms with Gasteiger partial charge in [0.2, 0.25) is 11.8 Å². The SMILES string of the molecule is CN(C)c1ccc(-c2nnc(C3CCN(c4ccc(C#N)cn4)C3)o2)cc1. The number of nitriles is 1. The van der Waals surface area contributed by atoms with E-state index in [4.69, 9.17) is 9.68 Å². The maximum atomic E-state index is 8.89. The predicted octanol–water partition coefficient (Wildman–Crippen LogP) is 3.06. The van der Waals surface area contributed by atoms with Gasteiger partial charge in [-0.1, -0.05) is 0 Å². The summed E-state index contributed by atoms with van der Waals surface area (Å²) in [6.07, 6.45) is 2.54. The highest BCUT2D eigenvalue weighted by atomic mass is 16.4. The second-order valence-corrected chi connectivity index (χ2v) is 6.84.